The molecule has 0 fully saturated rings. The third-order valence-corrected chi connectivity index (χ3v) is 2.93. The van der Waals surface area contributed by atoms with Gasteiger partial charge < -0.3 is 15.4 Å². The van der Waals surface area contributed by atoms with Crippen molar-refractivity contribution in [1.82, 2.24) is 5.43 Å². The Labute approximate surface area is 131 Å². The molecule has 23 heavy (non-hydrogen) atoms. The van der Waals surface area contributed by atoms with Gasteiger partial charge in [0.15, 0.2) is 0 Å². The summed E-state index contributed by atoms with van der Waals surface area (Å²) in [6.07, 6.45) is 0. The fourth-order valence-corrected chi connectivity index (χ4v) is 1.88. The van der Waals surface area contributed by atoms with Crippen LogP contribution >= 0.6 is 0 Å². The Morgan fingerprint density at radius 1 is 1.13 bits per heavy atom. The Morgan fingerprint density at radius 3 is 2.57 bits per heavy atom. The lowest BCUT2D eigenvalue weighted by molar-refractivity contribution is 0.0954. The van der Waals surface area contributed by atoms with Crippen LogP contribution in [0.1, 0.15) is 10.4 Å². The molecule has 2 aromatic carbocycles. The number of carbonyl (C=O) groups excluding carboxylic acids is 2. The Hall–Kier alpha value is -3.13. The summed E-state index contributed by atoms with van der Waals surface area (Å²) in [7, 11) is 1.45. The number of anilines is 2. The normalized spacial score (nSPS) is 9.87. The van der Waals surface area contributed by atoms with Crippen LogP contribution in [0.3, 0.4) is 0 Å². The van der Waals surface area contributed by atoms with E-state index in [2.05, 4.69) is 10.6 Å². The summed E-state index contributed by atoms with van der Waals surface area (Å²) >= 11 is 0. The van der Waals surface area contributed by atoms with Gasteiger partial charge in [-0.3, -0.25) is 10.2 Å². The minimum atomic E-state index is -0.644. The number of ether oxygens (including phenoxy) is 1. The number of urea groups is 1. The van der Waals surface area contributed by atoms with Crippen LogP contribution in [0.15, 0.2) is 42.5 Å². The van der Waals surface area contributed by atoms with Crippen LogP contribution < -0.4 is 26.6 Å². The van der Waals surface area contributed by atoms with Crippen molar-refractivity contribution in [3.8, 4) is 5.75 Å². The fraction of sp³-hybridized carbons (Fsp3) is 0.0667. The number of rotatable bonds is 4. The lowest BCUT2D eigenvalue weighted by Gasteiger charge is -2.12. The third kappa shape index (κ3) is 4.17. The molecule has 0 saturated carbocycles. The topological polar surface area (TPSA) is 105 Å². The zero-order valence-corrected chi connectivity index (χ0v) is 12.2. The predicted octanol–water partition coefficient (Wildman–Crippen LogP) is 2.08. The molecule has 8 heteroatoms. The Morgan fingerprint density at radius 2 is 1.91 bits per heavy atom. The van der Waals surface area contributed by atoms with E-state index in [1.165, 1.54) is 43.5 Å². The molecule has 0 radical (unpaired) electrons. The summed E-state index contributed by atoms with van der Waals surface area (Å²) in [6.45, 7) is 0. The van der Waals surface area contributed by atoms with Crippen LogP contribution in [-0.2, 0) is 0 Å². The number of hydrogen-bond acceptors (Lipinski definition) is 4. The maximum atomic E-state index is 13.1. The Balaban J connectivity index is 2.20. The van der Waals surface area contributed by atoms with E-state index in [0.29, 0.717) is 5.75 Å². The number of hydrazine groups is 1. The van der Waals surface area contributed by atoms with E-state index in [0.717, 1.165) is 0 Å². The third-order valence-electron chi connectivity index (χ3n) is 2.93. The average molecular weight is 318 g/mol. The number of nitrogens with one attached hydrogen (secondary N) is 3. The van der Waals surface area contributed by atoms with Gasteiger partial charge in [-0.05, 0) is 30.3 Å². The maximum Gasteiger partial charge on any atom is 0.323 e. The second-order valence-electron chi connectivity index (χ2n) is 4.47. The first kappa shape index (κ1) is 16.2. The van der Waals surface area contributed by atoms with Crippen LogP contribution in [-0.4, -0.2) is 19.0 Å². The number of amides is 3. The van der Waals surface area contributed by atoms with Gasteiger partial charge in [-0.15, -0.1) is 0 Å². The molecule has 0 bridgehead atoms. The van der Waals surface area contributed by atoms with Crippen LogP contribution in [0, 0.1) is 5.82 Å². The van der Waals surface area contributed by atoms with Crippen molar-refractivity contribution in [2.24, 2.45) is 5.84 Å². The summed E-state index contributed by atoms with van der Waals surface area (Å²) < 4.78 is 18.2. The van der Waals surface area contributed by atoms with Crippen LogP contribution in [0.2, 0.25) is 0 Å². The predicted molar refractivity (Wildman–Crippen MR) is 83.7 cm³/mol. The Kier molecular flexibility index (Phi) is 5.11. The number of hydrogen-bond donors (Lipinski definition) is 4. The van der Waals surface area contributed by atoms with Crippen LogP contribution in [0.4, 0.5) is 20.6 Å². The minimum absolute atomic E-state index is 0.155. The number of nitrogens with two attached hydrogens (primary N) is 1. The highest BCUT2D eigenvalue weighted by molar-refractivity contribution is 6.06. The van der Waals surface area contributed by atoms with Crippen LogP contribution in [0.25, 0.3) is 0 Å². The van der Waals surface area contributed by atoms with Gasteiger partial charge in [0.1, 0.15) is 11.6 Å². The highest BCUT2D eigenvalue weighted by Gasteiger charge is 2.14. The van der Waals surface area contributed by atoms with E-state index in [1.807, 2.05) is 5.43 Å². The van der Waals surface area contributed by atoms with Gasteiger partial charge >= 0.3 is 6.03 Å². The lowest BCUT2D eigenvalue weighted by Crippen LogP contribution is -2.31. The quantitative estimate of drug-likeness (QED) is 0.393. The summed E-state index contributed by atoms with van der Waals surface area (Å²) in [5.41, 5.74) is 2.61. The summed E-state index contributed by atoms with van der Waals surface area (Å²) in [5.74, 6) is 4.50. The molecule has 0 spiro atoms. The highest BCUT2D eigenvalue weighted by Crippen LogP contribution is 2.23. The molecule has 0 unspecified atom stereocenters. The van der Waals surface area contributed by atoms with Crippen molar-refractivity contribution in [3.63, 3.8) is 0 Å². The monoisotopic (exact) mass is 318 g/mol. The molecule has 0 aliphatic carbocycles. The van der Waals surface area contributed by atoms with Gasteiger partial charge in [-0.2, -0.15) is 0 Å². The molecular weight excluding hydrogens is 303 g/mol. The molecule has 2 aromatic rings. The van der Waals surface area contributed by atoms with E-state index in [4.69, 9.17) is 10.6 Å². The smallest absolute Gasteiger partial charge is 0.323 e. The minimum Gasteiger partial charge on any atom is -0.497 e. The number of halogens is 1. The summed E-state index contributed by atoms with van der Waals surface area (Å²) in [6, 6.07) is 9.25. The zero-order valence-electron chi connectivity index (χ0n) is 12.2. The maximum absolute atomic E-state index is 13.1. The van der Waals surface area contributed by atoms with E-state index in [1.54, 1.807) is 6.07 Å². The molecule has 120 valence electrons. The number of nitrogen functional groups attached to an aromatic ring is 1. The second-order valence-corrected chi connectivity index (χ2v) is 4.47. The van der Waals surface area contributed by atoms with Crippen LogP contribution in [0.5, 0.6) is 5.75 Å². The largest absolute Gasteiger partial charge is 0.497 e. The van der Waals surface area contributed by atoms with Gasteiger partial charge in [-0.25, -0.2) is 15.0 Å². The molecule has 0 aromatic heterocycles. The van der Waals surface area contributed by atoms with E-state index in [9.17, 15) is 14.0 Å². The van der Waals surface area contributed by atoms with Gasteiger partial charge in [0.05, 0.1) is 18.4 Å². The fourth-order valence-electron chi connectivity index (χ4n) is 1.88. The standard InChI is InChI=1S/C15H15FN4O3/c1-23-11-5-6-12(14(21)20-17)13(8-11)19-15(22)18-10-4-2-3-9(16)7-10/h2-8H,17H2,1H3,(H,20,21)(H2,18,19,22). The highest BCUT2D eigenvalue weighted by atomic mass is 19.1. The number of methoxy groups -OCH3 is 1. The molecule has 0 saturated heterocycles. The zero-order chi connectivity index (χ0) is 16.8. The van der Waals surface area contributed by atoms with E-state index < -0.39 is 17.8 Å². The number of benzene rings is 2. The number of carbonyl (C=O) groups is 2. The summed E-state index contributed by atoms with van der Waals surface area (Å²) in [4.78, 5) is 23.7. The molecule has 0 heterocycles. The van der Waals surface area contributed by atoms with Gasteiger partial charge in [0.25, 0.3) is 5.91 Å². The van der Waals surface area contributed by atoms with Gasteiger partial charge in [0.2, 0.25) is 0 Å². The van der Waals surface area contributed by atoms with Gasteiger partial charge in [-0.1, -0.05) is 6.07 Å². The molecule has 2 rings (SSSR count). The molecule has 0 atom stereocenters. The lowest BCUT2D eigenvalue weighted by atomic mass is 10.1. The first-order chi connectivity index (χ1) is 11.0. The summed E-state index contributed by atoms with van der Waals surface area (Å²) in [5, 5.41) is 4.96. The van der Waals surface area contributed by atoms with Crippen molar-refractivity contribution in [2.75, 3.05) is 17.7 Å². The van der Waals surface area contributed by atoms with Crippen molar-refractivity contribution >= 4 is 23.3 Å². The average Bonchev–Trinajstić information content (AvgIpc) is 2.54. The second kappa shape index (κ2) is 7.23. The van der Waals surface area contributed by atoms with Crippen molar-refractivity contribution in [3.05, 3.63) is 53.8 Å². The Bertz CT molecular complexity index is 736. The first-order valence-electron chi connectivity index (χ1n) is 6.56. The first-order valence-corrected chi connectivity index (χ1v) is 6.56. The SMILES string of the molecule is COc1ccc(C(=O)NN)c(NC(=O)Nc2cccc(F)c2)c1. The molecule has 0 aliphatic heterocycles. The molecule has 0 aliphatic rings. The van der Waals surface area contributed by atoms with E-state index >= 15 is 0 Å². The molecule has 3 amide bonds. The molecule has 5 N–H and O–H groups in total. The van der Waals surface area contributed by atoms with E-state index in [-0.39, 0.29) is 16.9 Å². The van der Waals surface area contributed by atoms with Crippen molar-refractivity contribution < 1.29 is 18.7 Å². The van der Waals surface area contributed by atoms with Crippen molar-refractivity contribution in [1.29, 1.82) is 0 Å². The molecule has 7 nitrogen and oxygen atoms in total. The van der Waals surface area contributed by atoms with Gasteiger partial charge in [0, 0.05) is 11.8 Å². The molecular formula is C15H15FN4O3. The van der Waals surface area contributed by atoms with Crippen molar-refractivity contribution in [2.45, 2.75) is 0 Å².